The van der Waals surface area contributed by atoms with E-state index in [4.69, 9.17) is 4.74 Å². The molecule has 0 aliphatic heterocycles. The molecule has 5 nitrogen and oxygen atoms in total. The Morgan fingerprint density at radius 3 is 2.70 bits per heavy atom. The molecule has 2 atom stereocenters. The highest BCUT2D eigenvalue weighted by molar-refractivity contribution is 5.81. The van der Waals surface area contributed by atoms with E-state index in [2.05, 4.69) is 10.6 Å². The lowest BCUT2D eigenvalue weighted by Gasteiger charge is -2.21. The van der Waals surface area contributed by atoms with Crippen LogP contribution in [0, 0.1) is 0 Å². The van der Waals surface area contributed by atoms with E-state index >= 15 is 0 Å². The summed E-state index contributed by atoms with van der Waals surface area (Å²) in [6.07, 6.45) is 0.907. The van der Waals surface area contributed by atoms with Gasteiger partial charge in [-0.1, -0.05) is 6.92 Å². The van der Waals surface area contributed by atoms with Gasteiger partial charge in [0.05, 0.1) is 13.2 Å². The number of methoxy groups -OCH3 is 1. The molecule has 0 saturated carbocycles. The molecule has 1 amide bonds. The molecule has 0 spiro atoms. The molecule has 1 aromatic carbocycles. The number of aromatic hydroxyl groups is 1. The zero-order chi connectivity index (χ0) is 15.1. The van der Waals surface area contributed by atoms with Gasteiger partial charge >= 0.3 is 0 Å². The number of carbonyl (C=O) groups is 1. The van der Waals surface area contributed by atoms with Gasteiger partial charge in [0.2, 0.25) is 5.91 Å². The van der Waals surface area contributed by atoms with E-state index in [1.54, 1.807) is 32.2 Å². The van der Waals surface area contributed by atoms with Gasteiger partial charge in [-0.3, -0.25) is 10.1 Å². The first-order valence-electron chi connectivity index (χ1n) is 6.90. The SMILES string of the molecule is CCCNC(=O)C(C)NC(C)c1cc(OC)ccc1O. The first-order chi connectivity index (χ1) is 9.49. The maximum atomic E-state index is 11.8. The number of ether oxygens (including phenoxy) is 1. The van der Waals surface area contributed by atoms with Crippen molar-refractivity contribution in [3.8, 4) is 11.5 Å². The van der Waals surface area contributed by atoms with Crippen molar-refractivity contribution >= 4 is 5.91 Å². The summed E-state index contributed by atoms with van der Waals surface area (Å²) in [7, 11) is 1.58. The Kier molecular flexibility index (Phi) is 6.31. The zero-order valence-electron chi connectivity index (χ0n) is 12.6. The Hall–Kier alpha value is -1.75. The van der Waals surface area contributed by atoms with Crippen molar-refractivity contribution in [1.82, 2.24) is 10.6 Å². The van der Waals surface area contributed by atoms with E-state index in [0.717, 1.165) is 6.42 Å². The van der Waals surface area contributed by atoms with Crippen LogP contribution in [0.3, 0.4) is 0 Å². The van der Waals surface area contributed by atoms with E-state index in [-0.39, 0.29) is 23.7 Å². The normalized spacial score (nSPS) is 13.6. The summed E-state index contributed by atoms with van der Waals surface area (Å²) in [6, 6.07) is 4.57. The van der Waals surface area contributed by atoms with Crippen LogP contribution in [-0.2, 0) is 4.79 Å². The van der Waals surface area contributed by atoms with Crippen LogP contribution < -0.4 is 15.4 Å². The van der Waals surface area contributed by atoms with Crippen LogP contribution >= 0.6 is 0 Å². The first kappa shape index (κ1) is 16.3. The molecular weight excluding hydrogens is 256 g/mol. The molecule has 3 N–H and O–H groups in total. The molecule has 112 valence electrons. The monoisotopic (exact) mass is 280 g/mol. The lowest BCUT2D eigenvalue weighted by molar-refractivity contribution is -0.122. The number of nitrogens with one attached hydrogen (secondary N) is 2. The topological polar surface area (TPSA) is 70.6 Å². The number of phenols is 1. The van der Waals surface area contributed by atoms with Crippen molar-refractivity contribution in [2.45, 2.75) is 39.3 Å². The molecule has 0 fully saturated rings. The average Bonchev–Trinajstić information content (AvgIpc) is 2.44. The number of phenolic OH excluding ortho intramolecular Hbond substituents is 1. The number of carbonyl (C=O) groups excluding carboxylic acids is 1. The zero-order valence-corrected chi connectivity index (χ0v) is 12.6. The Balaban J connectivity index is 2.70. The Morgan fingerprint density at radius 1 is 1.40 bits per heavy atom. The molecular formula is C15H24N2O3. The fourth-order valence-electron chi connectivity index (χ4n) is 1.95. The smallest absolute Gasteiger partial charge is 0.236 e. The van der Waals surface area contributed by atoms with Crippen LogP contribution in [0.1, 0.15) is 38.8 Å². The summed E-state index contributed by atoms with van der Waals surface area (Å²) in [5, 5.41) is 15.9. The fraction of sp³-hybridized carbons (Fsp3) is 0.533. The van der Waals surface area contributed by atoms with Gasteiger partial charge < -0.3 is 15.2 Å². The predicted octanol–water partition coefficient (Wildman–Crippen LogP) is 1.97. The van der Waals surface area contributed by atoms with Gasteiger partial charge in [0.15, 0.2) is 0 Å². The van der Waals surface area contributed by atoms with Crippen molar-refractivity contribution in [3.05, 3.63) is 23.8 Å². The second kappa shape index (κ2) is 7.75. The molecule has 0 aromatic heterocycles. The third kappa shape index (κ3) is 4.42. The molecule has 0 aliphatic carbocycles. The second-order valence-electron chi connectivity index (χ2n) is 4.83. The van der Waals surface area contributed by atoms with Gasteiger partial charge in [0.25, 0.3) is 0 Å². The van der Waals surface area contributed by atoms with Crippen molar-refractivity contribution < 1.29 is 14.6 Å². The Bertz CT molecular complexity index is 449. The van der Waals surface area contributed by atoms with E-state index in [1.165, 1.54) is 0 Å². The molecule has 0 aliphatic rings. The van der Waals surface area contributed by atoms with E-state index in [1.807, 2.05) is 13.8 Å². The Labute approximate surface area is 120 Å². The molecule has 20 heavy (non-hydrogen) atoms. The summed E-state index contributed by atoms with van der Waals surface area (Å²) >= 11 is 0. The summed E-state index contributed by atoms with van der Waals surface area (Å²) in [6.45, 7) is 6.38. The third-order valence-electron chi connectivity index (χ3n) is 3.14. The highest BCUT2D eigenvalue weighted by Gasteiger charge is 2.18. The highest BCUT2D eigenvalue weighted by atomic mass is 16.5. The fourth-order valence-corrected chi connectivity index (χ4v) is 1.95. The van der Waals surface area contributed by atoms with Crippen molar-refractivity contribution in [2.24, 2.45) is 0 Å². The van der Waals surface area contributed by atoms with Gasteiger partial charge in [-0.2, -0.15) is 0 Å². The predicted molar refractivity (Wildman–Crippen MR) is 79.0 cm³/mol. The maximum absolute atomic E-state index is 11.8. The number of amides is 1. The molecule has 2 unspecified atom stereocenters. The summed E-state index contributed by atoms with van der Waals surface area (Å²) in [5.74, 6) is 0.822. The lowest BCUT2D eigenvalue weighted by Crippen LogP contribution is -2.43. The quantitative estimate of drug-likeness (QED) is 0.714. The van der Waals surface area contributed by atoms with Gasteiger partial charge in [0.1, 0.15) is 11.5 Å². The molecule has 0 bridgehead atoms. The van der Waals surface area contributed by atoms with Crippen LogP contribution in [-0.4, -0.2) is 30.7 Å². The summed E-state index contributed by atoms with van der Waals surface area (Å²) in [5.41, 5.74) is 0.708. The van der Waals surface area contributed by atoms with Gasteiger partial charge in [-0.05, 0) is 38.5 Å². The van der Waals surface area contributed by atoms with E-state index < -0.39 is 0 Å². The number of rotatable bonds is 7. The van der Waals surface area contributed by atoms with Gasteiger partial charge in [0, 0.05) is 18.2 Å². The Morgan fingerprint density at radius 2 is 2.10 bits per heavy atom. The highest BCUT2D eigenvalue weighted by Crippen LogP contribution is 2.28. The minimum atomic E-state index is -0.331. The van der Waals surface area contributed by atoms with Crippen LogP contribution in [0.5, 0.6) is 11.5 Å². The van der Waals surface area contributed by atoms with Gasteiger partial charge in [-0.25, -0.2) is 0 Å². The lowest BCUT2D eigenvalue weighted by atomic mass is 10.1. The summed E-state index contributed by atoms with van der Waals surface area (Å²) < 4.78 is 5.15. The number of hydrogen-bond donors (Lipinski definition) is 3. The van der Waals surface area contributed by atoms with Crippen LogP contribution in [0.4, 0.5) is 0 Å². The molecule has 0 saturated heterocycles. The first-order valence-corrected chi connectivity index (χ1v) is 6.90. The molecule has 0 heterocycles. The molecule has 1 rings (SSSR count). The molecule has 1 aromatic rings. The van der Waals surface area contributed by atoms with Crippen molar-refractivity contribution in [1.29, 1.82) is 0 Å². The second-order valence-corrected chi connectivity index (χ2v) is 4.83. The van der Waals surface area contributed by atoms with Crippen molar-refractivity contribution in [2.75, 3.05) is 13.7 Å². The van der Waals surface area contributed by atoms with Gasteiger partial charge in [-0.15, -0.1) is 0 Å². The maximum Gasteiger partial charge on any atom is 0.236 e. The minimum absolute atomic E-state index is 0.0407. The van der Waals surface area contributed by atoms with E-state index in [9.17, 15) is 9.90 Å². The molecule has 5 heteroatoms. The minimum Gasteiger partial charge on any atom is -0.508 e. The van der Waals surface area contributed by atoms with Crippen LogP contribution in [0.15, 0.2) is 18.2 Å². The number of benzene rings is 1. The van der Waals surface area contributed by atoms with Crippen LogP contribution in [0.25, 0.3) is 0 Å². The average molecular weight is 280 g/mol. The summed E-state index contributed by atoms with van der Waals surface area (Å²) in [4.78, 5) is 11.8. The van der Waals surface area contributed by atoms with Crippen molar-refractivity contribution in [3.63, 3.8) is 0 Å². The van der Waals surface area contributed by atoms with E-state index in [0.29, 0.717) is 17.9 Å². The molecule has 0 radical (unpaired) electrons. The largest absolute Gasteiger partial charge is 0.508 e. The third-order valence-corrected chi connectivity index (χ3v) is 3.14. The number of hydrogen-bond acceptors (Lipinski definition) is 4. The standard InChI is InChI=1S/C15H24N2O3/c1-5-8-16-15(19)11(3)17-10(2)13-9-12(20-4)6-7-14(13)18/h6-7,9-11,17-18H,5,8H2,1-4H3,(H,16,19). The van der Waals surface area contributed by atoms with Crippen LogP contribution in [0.2, 0.25) is 0 Å².